The smallest absolute Gasteiger partial charge is 0.228 e. The summed E-state index contributed by atoms with van der Waals surface area (Å²) in [6.07, 6.45) is 3.89. The van der Waals surface area contributed by atoms with E-state index in [1.165, 1.54) is 6.33 Å². The first-order valence-electron chi connectivity index (χ1n) is 8.11. The number of carbonyl (C=O) groups is 1. The average Bonchev–Trinajstić information content (AvgIpc) is 3.35. The van der Waals surface area contributed by atoms with E-state index in [-0.39, 0.29) is 11.8 Å². The summed E-state index contributed by atoms with van der Waals surface area (Å²) in [7, 11) is 0. The van der Waals surface area contributed by atoms with Crippen molar-refractivity contribution in [3.8, 4) is 5.82 Å². The Morgan fingerprint density at radius 1 is 1.12 bits per heavy atom. The van der Waals surface area contributed by atoms with Gasteiger partial charge in [0.2, 0.25) is 5.91 Å². The van der Waals surface area contributed by atoms with Crippen molar-refractivity contribution < 1.29 is 9.53 Å². The van der Waals surface area contributed by atoms with Crippen molar-refractivity contribution in [1.29, 1.82) is 0 Å². The minimum absolute atomic E-state index is 0.0401. The molecule has 0 aromatic carbocycles. The van der Waals surface area contributed by atoms with Gasteiger partial charge in [-0.3, -0.25) is 4.79 Å². The van der Waals surface area contributed by atoms with Gasteiger partial charge in [-0.2, -0.15) is 5.10 Å². The van der Waals surface area contributed by atoms with E-state index in [4.69, 9.17) is 4.74 Å². The van der Waals surface area contributed by atoms with Crippen molar-refractivity contribution in [3.63, 3.8) is 0 Å². The highest BCUT2D eigenvalue weighted by Gasteiger charge is 2.30. The van der Waals surface area contributed by atoms with Crippen molar-refractivity contribution in [2.24, 2.45) is 5.92 Å². The maximum absolute atomic E-state index is 12.4. The van der Waals surface area contributed by atoms with Crippen LogP contribution >= 0.6 is 0 Å². The highest BCUT2D eigenvalue weighted by Crippen LogP contribution is 2.19. The third-order valence-corrected chi connectivity index (χ3v) is 4.48. The third kappa shape index (κ3) is 2.94. The number of piperazine rings is 1. The van der Waals surface area contributed by atoms with Crippen LogP contribution in [0.15, 0.2) is 24.8 Å². The second-order valence-electron chi connectivity index (χ2n) is 5.96. The first-order chi connectivity index (χ1) is 11.8. The zero-order valence-corrected chi connectivity index (χ0v) is 13.3. The predicted molar refractivity (Wildman–Crippen MR) is 84.7 cm³/mol. The molecule has 2 aromatic heterocycles. The Labute approximate surface area is 139 Å². The molecule has 4 rings (SSSR count). The molecule has 4 heterocycles. The number of hydrogen-bond acceptors (Lipinski definition) is 7. The fourth-order valence-electron chi connectivity index (χ4n) is 3.08. The van der Waals surface area contributed by atoms with Crippen LogP contribution in [0.5, 0.6) is 0 Å². The summed E-state index contributed by atoms with van der Waals surface area (Å²) in [4.78, 5) is 20.4. The minimum atomic E-state index is 0.0401. The normalized spacial score (nSPS) is 21.2. The molecule has 2 saturated heterocycles. The fourth-order valence-corrected chi connectivity index (χ4v) is 3.08. The molecule has 1 amide bonds. The van der Waals surface area contributed by atoms with Gasteiger partial charge >= 0.3 is 0 Å². The number of rotatable bonds is 3. The Balaban J connectivity index is 1.36. The van der Waals surface area contributed by atoms with Crippen molar-refractivity contribution in [3.05, 3.63) is 24.8 Å². The van der Waals surface area contributed by atoms with E-state index in [2.05, 4.69) is 25.2 Å². The second-order valence-corrected chi connectivity index (χ2v) is 5.96. The molecule has 0 saturated carbocycles. The zero-order chi connectivity index (χ0) is 16.4. The van der Waals surface area contributed by atoms with E-state index in [0.29, 0.717) is 32.1 Å². The molecule has 1 atom stereocenters. The molecule has 2 aromatic rings. The third-order valence-electron chi connectivity index (χ3n) is 4.48. The number of anilines is 1. The first kappa shape index (κ1) is 15.0. The maximum atomic E-state index is 12.4. The summed E-state index contributed by atoms with van der Waals surface area (Å²) in [6, 6.07) is 3.79. The second kappa shape index (κ2) is 6.52. The Morgan fingerprint density at radius 2 is 1.92 bits per heavy atom. The Hall–Kier alpha value is -2.55. The van der Waals surface area contributed by atoms with Gasteiger partial charge in [-0.15, -0.1) is 10.2 Å². The molecule has 126 valence electrons. The number of hydrogen-bond donors (Lipinski definition) is 0. The molecule has 9 nitrogen and oxygen atoms in total. The van der Waals surface area contributed by atoms with Gasteiger partial charge in [-0.05, 0) is 18.6 Å². The van der Waals surface area contributed by atoms with Gasteiger partial charge < -0.3 is 14.5 Å². The molecule has 0 unspecified atom stereocenters. The number of aromatic nitrogens is 5. The molecular formula is C15H19N7O2. The lowest BCUT2D eigenvalue weighted by atomic mass is 10.1. The lowest BCUT2D eigenvalue weighted by Crippen LogP contribution is -2.50. The molecule has 0 spiro atoms. The monoisotopic (exact) mass is 329 g/mol. The van der Waals surface area contributed by atoms with Crippen LogP contribution in [0.4, 0.5) is 5.82 Å². The quantitative estimate of drug-likeness (QED) is 0.766. The highest BCUT2D eigenvalue weighted by molar-refractivity contribution is 5.79. The summed E-state index contributed by atoms with van der Waals surface area (Å²) >= 11 is 0. The Morgan fingerprint density at radius 3 is 2.54 bits per heavy atom. The summed E-state index contributed by atoms with van der Waals surface area (Å²) in [5.74, 6) is 1.71. The van der Waals surface area contributed by atoms with E-state index in [9.17, 15) is 4.79 Å². The van der Waals surface area contributed by atoms with Gasteiger partial charge in [0.05, 0.1) is 12.5 Å². The van der Waals surface area contributed by atoms with Crippen LogP contribution in [0.3, 0.4) is 0 Å². The van der Waals surface area contributed by atoms with Crippen LogP contribution in [-0.2, 0) is 9.53 Å². The lowest BCUT2D eigenvalue weighted by molar-refractivity contribution is -0.135. The maximum Gasteiger partial charge on any atom is 0.228 e. The van der Waals surface area contributed by atoms with Crippen molar-refractivity contribution >= 4 is 11.7 Å². The van der Waals surface area contributed by atoms with Crippen molar-refractivity contribution in [2.75, 3.05) is 44.3 Å². The van der Waals surface area contributed by atoms with Crippen LogP contribution in [0, 0.1) is 5.92 Å². The molecule has 9 heteroatoms. The van der Waals surface area contributed by atoms with E-state index in [1.54, 1.807) is 11.0 Å². The number of carbonyl (C=O) groups excluding carboxylic acids is 1. The molecule has 2 aliphatic heterocycles. The van der Waals surface area contributed by atoms with Gasteiger partial charge in [0.1, 0.15) is 12.7 Å². The standard InChI is InChI=1S/C15H19N7O2/c23-15(12-3-8-24-9-12)21-6-4-20(5-7-21)13-1-2-14(19-18-13)22-11-16-10-17-22/h1-2,10-12H,3-9H2/t12-/m0/s1. The molecule has 0 radical (unpaired) electrons. The highest BCUT2D eigenvalue weighted by atomic mass is 16.5. The van der Waals surface area contributed by atoms with Crippen LogP contribution in [-0.4, -0.2) is 75.2 Å². The first-order valence-corrected chi connectivity index (χ1v) is 8.11. The molecular weight excluding hydrogens is 310 g/mol. The largest absolute Gasteiger partial charge is 0.381 e. The van der Waals surface area contributed by atoms with Crippen LogP contribution in [0.25, 0.3) is 5.82 Å². The van der Waals surface area contributed by atoms with Gasteiger partial charge in [0.25, 0.3) is 0 Å². The Bertz CT molecular complexity index is 674. The van der Waals surface area contributed by atoms with E-state index in [0.717, 1.165) is 25.3 Å². The summed E-state index contributed by atoms with van der Waals surface area (Å²) in [5, 5.41) is 12.5. The average molecular weight is 329 g/mol. The topological polar surface area (TPSA) is 89.3 Å². The van der Waals surface area contributed by atoms with Gasteiger partial charge in [0, 0.05) is 32.8 Å². The van der Waals surface area contributed by atoms with Gasteiger partial charge in [0.15, 0.2) is 11.6 Å². The van der Waals surface area contributed by atoms with E-state index >= 15 is 0 Å². The molecule has 0 bridgehead atoms. The molecule has 0 aliphatic carbocycles. The Kier molecular flexibility index (Phi) is 4.08. The minimum Gasteiger partial charge on any atom is -0.381 e. The van der Waals surface area contributed by atoms with Gasteiger partial charge in [-0.25, -0.2) is 9.67 Å². The van der Waals surface area contributed by atoms with Crippen LogP contribution in [0.1, 0.15) is 6.42 Å². The summed E-state index contributed by atoms with van der Waals surface area (Å²) < 4.78 is 6.88. The SMILES string of the molecule is O=C([C@H]1CCOC1)N1CCN(c2ccc(-n3cncn3)nn2)CC1. The molecule has 2 aliphatic rings. The fraction of sp³-hybridized carbons (Fsp3) is 0.533. The van der Waals surface area contributed by atoms with E-state index < -0.39 is 0 Å². The lowest BCUT2D eigenvalue weighted by Gasteiger charge is -2.36. The summed E-state index contributed by atoms with van der Waals surface area (Å²) in [6.45, 7) is 4.20. The molecule has 2 fully saturated rings. The van der Waals surface area contributed by atoms with E-state index in [1.807, 2.05) is 17.0 Å². The van der Waals surface area contributed by atoms with Crippen LogP contribution in [0.2, 0.25) is 0 Å². The van der Waals surface area contributed by atoms with Crippen molar-refractivity contribution in [2.45, 2.75) is 6.42 Å². The number of nitrogens with zero attached hydrogens (tertiary/aromatic N) is 7. The predicted octanol–water partition coefficient (Wildman–Crippen LogP) is -0.258. The number of ether oxygens (including phenoxy) is 1. The molecule has 24 heavy (non-hydrogen) atoms. The zero-order valence-electron chi connectivity index (χ0n) is 13.3. The van der Waals surface area contributed by atoms with Gasteiger partial charge in [-0.1, -0.05) is 0 Å². The molecule has 0 N–H and O–H groups in total. The summed E-state index contributed by atoms with van der Waals surface area (Å²) in [5.41, 5.74) is 0. The number of amides is 1. The van der Waals surface area contributed by atoms with Crippen molar-refractivity contribution in [1.82, 2.24) is 29.9 Å². The van der Waals surface area contributed by atoms with Crippen LogP contribution < -0.4 is 4.90 Å².